The molecule has 5 heteroatoms. The van der Waals surface area contributed by atoms with E-state index in [9.17, 15) is 9.90 Å². The molecule has 122 valence electrons. The van der Waals surface area contributed by atoms with E-state index in [0.29, 0.717) is 23.8 Å². The lowest BCUT2D eigenvalue weighted by molar-refractivity contribution is 0.0536. The Balaban J connectivity index is 1.76. The largest absolute Gasteiger partial charge is 0.491 e. The fourth-order valence-corrected chi connectivity index (χ4v) is 2.80. The SMILES string of the molecule is COC(=O)c1ccc(OC[C@@H](O)CN2CCC[C@@H](C)C2)cc1. The Hall–Kier alpha value is -1.59. The maximum Gasteiger partial charge on any atom is 0.337 e. The number of esters is 1. The van der Waals surface area contributed by atoms with Gasteiger partial charge in [0.2, 0.25) is 0 Å². The number of benzene rings is 1. The first-order valence-electron chi connectivity index (χ1n) is 7.80. The summed E-state index contributed by atoms with van der Waals surface area (Å²) in [6.45, 7) is 5.24. The minimum absolute atomic E-state index is 0.252. The number of β-amino-alcohol motifs (C(OH)–C–C–N with tert-alkyl or cyclic N) is 1. The Labute approximate surface area is 131 Å². The summed E-state index contributed by atoms with van der Waals surface area (Å²) in [5.41, 5.74) is 0.484. The second-order valence-electron chi connectivity index (χ2n) is 5.99. The smallest absolute Gasteiger partial charge is 0.337 e. The zero-order valence-electron chi connectivity index (χ0n) is 13.3. The van der Waals surface area contributed by atoms with Gasteiger partial charge in [0.1, 0.15) is 18.5 Å². The predicted octanol–water partition coefficient (Wildman–Crippen LogP) is 1.94. The van der Waals surface area contributed by atoms with Crippen molar-refractivity contribution in [2.75, 3.05) is 33.4 Å². The van der Waals surface area contributed by atoms with E-state index < -0.39 is 6.10 Å². The Morgan fingerprint density at radius 3 is 2.77 bits per heavy atom. The number of aliphatic hydroxyl groups excluding tert-OH is 1. The molecule has 0 bridgehead atoms. The van der Waals surface area contributed by atoms with E-state index in [-0.39, 0.29) is 12.6 Å². The molecule has 1 N–H and O–H groups in total. The number of carbonyl (C=O) groups is 1. The molecule has 0 amide bonds. The fraction of sp³-hybridized carbons (Fsp3) is 0.588. The Morgan fingerprint density at radius 1 is 1.41 bits per heavy atom. The Kier molecular flexibility index (Phi) is 6.21. The Bertz CT molecular complexity index is 474. The number of hydrogen-bond acceptors (Lipinski definition) is 5. The second-order valence-corrected chi connectivity index (χ2v) is 5.99. The van der Waals surface area contributed by atoms with Crippen molar-refractivity contribution in [3.05, 3.63) is 29.8 Å². The van der Waals surface area contributed by atoms with Crippen LogP contribution in [-0.2, 0) is 4.74 Å². The summed E-state index contributed by atoms with van der Waals surface area (Å²) in [6, 6.07) is 6.73. The minimum Gasteiger partial charge on any atom is -0.491 e. The van der Waals surface area contributed by atoms with Crippen LogP contribution in [-0.4, -0.2) is 55.4 Å². The lowest BCUT2D eigenvalue weighted by Crippen LogP contribution is -2.41. The first kappa shape index (κ1) is 16.8. The van der Waals surface area contributed by atoms with Gasteiger partial charge < -0.3 is 19.5 Å². The maximum absolute atomic E-state index is 11.3. The van der Waals surface area contributed by atoms with Crippen molar-refractivity contribution in [1.29, 1.82) is 0 Å². The summed E-state index contributed by atoms with van der Waals surface area (Å²) in [7, 11) is 1.35. The first-order valence-corrected chi connectivity index (χ1v) is 7.80. The van der Waals surface area contributed by atoms with Crippen molar-refractivity contribution in [2.45, 2.75) is 25.9 Å². The van der Waals surface area contributed by atoms with Gasteiger partial charge in [-0.05, 0) is 49.6 Å². The molecule has 1 saturated heterocycles. The molecule has 1 aromatic rings. The molecule has 1 aromatic carbocycles. The average molecular weight is 307 g/mol. The van der Waals surface area contributed by atoms with Crippen molar-refractivity contribution in [3.63, 3.8) is 0 Å². The van der Waals surface area contributed by atoms with Crippen LogP contribution in [0, 0.1) is 5.92 Å². The monoisotopic (exact) mass is 307 g/mol. The highest BCUT2D eigenvalue weighted by Crippen LogP contribution is 2.16. The van der Waals surface area contributed by atoms with Gasteiger partial charge in [-0.25, -0.2) is 4.79 Å². The summed E-state index contributed by atoms with van der Waals surface area (Å²) >= 11 is 0. The highest BCUT2D eigenvalue weighted by Gasteiger charge is 2.19. The summed E-state index contributed by atoms with van der Waals surface area (Å²) in [5.74, 6) is 0.970. The summed E-state index contributed by atoms with van der Waals surface area (Å²) in [6.07, 6.45) is 1.96. The lowest BCUT2D eigenvalue weighted by Gasteiger charge is -2.32. The number of likely N-dealkylation sites (tertiary alicyclic amines) is 1. The zero-order chi connectivity index (χ0) is 15.9. The average Bonchev–Trinajstić information content (AvgIpc) is 2.52. The number of carbonyl (C=O) groups excluding carboxylic acids is 1. The van der Waals surface area contributed by atoms with Gasteiger partial charge >= 0.3 is 5.97 Å². The normalized spacial score (nSPS) is 20.4. The topological polar surface area (TPSA) is 59.0 Å². The zero-order valence-corrected chi connectivity index (χ0v) is 13.3. The van der Waals surface area contributed by atoms with Gasteiger partial charge in [-0.2, -0.15) is 0 Å². The van der Waals surface area contributed by atoms with E-state index in [2.05, 4.69) is 16.6 Å². The molecule has 1 fully saturated rings. The van der Waals surface area contributed by atoms with E-state index in [1.807, 2.05) is 0 Å². The van der Waals surface area contributed by atoms with E-state index in [4.69, 9.17) is 4.74 Å². The highest BCUT2D eigenvalue weighted by molar-refractivity contribution is 5.89. The molecule has 2 atom stereocenters. The Morgan fingerprint density at radius 2 is 2.14 bits per heavy atom. The molecule has 1 aliphatic heterocycles. The van der Waals surface area contributed by atoms with Crippen molar-refractivity contribution < 1.29 is 19.4 Å². The minimum atomic E-state index is -0.509. The van der Waals surface area contributed by atoms with Crippen LogP contribution in [0.4, 0.5) is 0 Å². The van der Waals surface area contributed by atoms with Crippen LogP contribution in [0.25, 0.3) is 0 Å². The maximum atomic E-state index is 11.3. The standard InChI is InChI=1S/C17H25NO4/c1-13-4-3-9-18(10-13)11-15(19)12-22-16-7-5-14(6-8-16)17(20)21-2/h5-8,13,15,19H,3-4,9-12H2,1-2H3/t13-,15+/m1/s1. The van der Waals surface area contributed by atoms with Crippen molar-refractivity contribution in [1.82, 2.24) is 4.90 Å². The van der Waals surface area contributed by atoms with Crippen LogP contribution in [0.1, 0.15) is 30.1 Å². The number of nitrogens with zero attached hydrogens (tertiary/aromatic N) is 1. The molecule has 1 aliphatic rings. The van der Waals surface area contributed by atoms with Gasteiger partial charge in [0.05, 0.1) is 12.7 Å². The molecule has 2 rings (SSSR count). The molecular formula is C17H25NO4. The van der Waals surface area contributed by atoms with Gasteiger partial charge in [-0.3, -0.25) is 0 Å². The van der Waals surface area contributed by atoms with Gasteiger partial charge in [-0.1, -0.05) is 6.92 Å². The van der Waals surface area contributed by atoms with Crippen molar-refractivity contribution in [3.8, 4) is 5.75 Å². The van der Waals surface area contributed by atoms with Crippen LogP contribution in [0.3, 0.4) is 0 Å². The van der Waals surface area contributed by atoms with E-state index in [1.54, 1.807) is 24.3 Å². The highest BCUT2D eigenvalue weighted by atomic mass is 16.5. The molecule has 0 spiro atoms. The van der Waals surface area contributed by atoms with E-state index in [1.165, 1.54) is 20.0 Å². The summed E-state index contributed by atoms with van der Waals surface area (Å²) in [4.78, 5) is 13.6. The fourth-order valence-electron chi connectivity index (χ4n) is 2.80. The van der Waals surface area contributed by atoms with Gasteiger partial charge in [0.25, 0.3) is 0 Å². The molecule has 5 nitrogen and oxygen atoms in total. The van der Waals surface area contributed by atoms with Crippen LogP contribution >= 0.6 is 0 Å². The number of rotatable bonds is 6. The summed E-state index contributed by atoms with van der Waals surface area (Å²) in [5, 5.41) is 10.1. The molecule has 0 aliphatic carbocycles. The molecule has 0 radical (unpaired) electrons. The van der Waals surface area contributed by atoms with Crippen LogP contribution < -0.4 is 4.74 Å². The number of methoxy groups -OCH3 is 1. The predicted molar refractivity (Wildman–Crippen MR) is 84.1 cm³/mol. The van der Waals surface area contributed by atoms with Crippen molar-refractivity contribution in [2.24, 2.45) is 5.92 Å². The van der Waals surface area contributed by atoms with Gasteiger partial charge in [-0.15, -0.1) is 0 Å². The number of piperidine rings is 1. The van der Waals surface area contributed by atoms with E-state index >= 15 is 0 Å². The first-order chi connectivity index (χ1) is 10.6. The van der Waals surface area contributed by atoms with Gasteiger partial charge in [0, 0.05) is 13.1 Å². The van der Waals surface area contributed by atoms with Crippen molar-refractivity contribution >= 4 is 5.97 Å². The van der Waals surface area contributed by atoms with Crippen LogP contribution in [0.5, 0.6) is 5.75 Å². The van der Waals surface area contributed by atoms with Crippen LogP contribution in [0.15, 0.2) is 24.3 Å². The third-order valence-corrected chi connectivity index (χ3v) is 3.93. The quantitative estimate of drug-likeness (QED) is 0.814. The van der Waals surface area contributed by atoms with Gasteiger partial charge in [0.15, 0.2) is 0 Å². The number of ether oxygens (including phenoxy) is 2. The third-order valence-electron chi connectivity index (χ3n) is 3.93. The molecular weight excluding hydrogens is 282 g/mol. The van der Waals surface area contributed by atoms with Crippen LogP contribution in [0.2, 0.25) is 0 Å². The molecule has 0 saturated carbocycles. The molecule has 1 heterocycles. The number of aliphatic hydroxyl groups is 1. The molecule has 0 unspecified atom stereocenters. The second kappa shape index (κ2) is 8.15. The molecule has 0 aromatic heterocycles. The number of hydrogen-bond donors (Lipinski definition) is 1. The summed E-state index contributed by atoms with van der Waals surface area (Å²) < 4.78 is 10.2. The lowest BCUT2D eigenvalue weighted by atomic mass is 10.0. The molecule has 22 heavy (non-hydrogen) atoms. The van der Waals surface area contributed by atoms with E-state index in [0.717, 1.165) is 13.1 Å². The third kappa shape index (κ3) is 5.00.